The molecule has 1 heterocycles. The first-order chi connectivity index (χ1) is 8.58. The van der Waals surface area contributed by atoms with Gasteiger partial charge in [-0.1, -0.05) is 26.2 Å². The average Bonchev–Trinajstić information content (AvgIpc) is 2.91. The summed E-state index contributed by atoms with van der Waals surface area (Å²) in [5, 5.41) is 0. The lowest BCUT2D eigenvalue weighted by Gasteiger charge is -2.23. The van der Waals surface area contributed by atoms with Gasteiger partial charge in [0.05, 0.1) is 5.70 Å². The van der Waals surface area contributed by atoms with Crippen LogP contribution in [-0.2, 0) is 4.79 Å². The van der Waals surface area contributed by atoms with E-state index in [1.54, 1.807) is 6.08 Å². The summed E-state index contributed by atoms with van der Waals surface area (Å²) in [5.41, 5.74) is 1.83. The van der Waals surface area contributed by atoms with E-state index in [1.807, 2.05) is 4.90 Å². The summed E-state index contributed by atoms with van der Waals surface area (Å²) in [6.07, 6.45) is 4.26. The molecule has 0 spiro atoms. The minimum Gasteiger partial charge on any atom is -0.368 e. The molecule has 96 valence electrons. The van der Waals surface area contributed by atoms with E-state index in [9.17, 15) is 9.18 Å². The van der Waals surface area contributed by atoms with Crippen LogP contribution in [0.3, 0.4) is 0 Å². The third-order valence-corrected chi connectivity index (χ3v) is 3.48. The second-order valence-electron chi connectivity index (χ2n) is 4.94. The molecule has 0 radical (unpaired) electrons. The van der Waals surface area contributed by atoms with Crippen LogP contribution in [0.5, 0.6) is 0 Å². The first-order valence-corrected chi connectivity index (χ1v) is 6.24. The Morgan fingerprint density at radius 1 is 1.44 bits per heavy atom. The first-order valence-electron chi connectivity index (χ1n) is 6.24. The summed E-state index contributed by atoms with van der Waals surface area (Å²) in [5.74, 6) is 0.265. The lowest BCUT2D eigenvalue weighted by Crippen LogP contribution is -2.22. The molecule has 2 nitrogen and oxygen atoms in total. The fourth-order valence-electron chi connectivity index (χ4n) is 2.41. The van der Waals surface area contributed by atoms with Gasteiger partial charge in [-0.3, -0.25) is 4.79 Å². The smallest absolute Gasteiger partial charge is 0.164 e. The van der Waals surface area contributed by atoms with Gasteiger partial charge in [0.1, 0.15) is 5.83 Å². The van der Waals surface area contributed by atoms with Crippen LogP contribution in [0.2, 0.25) is 0 Å². The summed E-state index contributed by atoms with van der Waals surface area (Å²) >= 11 is 0. The maximum absolute atomic E-state index is 14.1. The number of hydrogen-bond donors (Lipinski definition) is 0. The molecule has 0 aromatic heterocycles. The second-order valence-corrected chi connectivity index (χ2v) is 4.94. The number of halogens is 1. The molecule has 1 saturated heterocycles. The number of rotatable bonds is 4. The van der Waals surface area contributed by atoms with Crippen LogP contribution in [0.1, 0.15) is 19.8 Å². The fourth-order valence-corrected chi connectivity index (χ4v) is 2.41. The van der Waals surface area contributed by atoms with Crippen molar-refractivity contribution in [3.8, 4) is 0 Å². The normalized spacial score (nSPS) is 26.9. The molecule has 2 aliphatic rings. The van der Waals surface area contributed by atoms with Gasteiger partial charge in [0.15, 0.2) is 5.78 Å². The molecular weight excluding hydrogens is 229 g/mol. The predicted octanol–water partition coefficient (Wildman–Crippen LogP) is 3.15. The van der Waals surface area contributed by atoms with Crippen LogP contribution in [0, 0.1) is 5.92 Å². The highest BCUT2D eigenvalue weighted by Gasteiger charge is 2.34. The van der Waals surface area contributed by atoms with Gasteiger partial charge >= 0.3 is 0 Å². The Labute approximate surface area is 107 Å². The van der Waals surface area contributed by atoms with Crippen molar-refractivity contribution in [2.24, 2.45) is 5.92 Å². The maximum atomic E-state index is 14.1. The highest BCUT2D eigenvalue weighted by molar-refractivity contribution is 6.15. The molecule has 3 heteroatoms. The Kier molecular flexibility index (Phi) is 3.50. The highest BCUT2D eigenvalue weighted by atomic mass is 19.1. The average molecular weight is 247 g/mol. The Morgan fingerprint density at radius 2 is 2.11 bits per heavy atom. The molecular formula is C15H18FNO. The van der Waals surface area contributed by atoms with Crippen molar-refractivity contribution in [1.82, 2.24) is 4.90 Å². The molecule has 1 unspecified atom stereocenters. The standard InChI is InChI=1S/C15H18FNO/c1-4-11(12-8-14(12)18)15(13(16)5-2)17-7-6-10(3)9-17/h4-5,10H,1-2,6-9H2,3H3/b12-11-,15-13-. The maximum Gasteiger partial charge on any atom is 0.164 e. The largest absolute Gasteiger partial charge is 0.368 e. The molecule has 0 aromatic carbocycles. The number of ketones is 1. The number of carbonyl (C=O) groups excluding carboxylic acids is 1. The quantitative estimate of drug-likeness (QED) is 0.562. The second kappa shape index (κ2) is 4.92. The molecule has 18 heavy (non-hydrogen) atoms. The summed E-state index contributed by atoms with van der Waals surface area (Å²) in [6, 6.07) is 0. The Hall–Kier alpha value is -1.64. The third-order valence-electron chi connectivity index (χ3n) is 3.48. The Bertz CT molecular complexity index is 473. The minimum absolute atomic E-state index is 0.0894. The third kappa shape index (κ3) is 2.30. The highest BCUT2D eigenvalue weighted by Crippen LogP contribution is 2.36. The monoisotopic (exact) mass is 247 g/mol. The van der Waals surface area contributed by atoms with Crippen molar-refractivity contribution in [3.05, 3.63) is 48.0 Å². The molecule has 1 atom stereocenters. The SMILES string of the molecule is C=C/C(F)=C(\C(C=C)=C1\CC1=O)N1CCC(C)C1. The topological polar surface area (TPSA) is 20.3 Å². The molecule has 0 bridgehead atoms. The van der Waals surface area contributed by atoms with Gasteiger partial charge in [-0.25, -0.2) is 4.39 Å². The minimum atomic E-state index is -0.369. The fraction of sp³-hybridized carbons (Fsp3) is 0.400. The van der Waals surface area contributed by atoms with Gasteiger partial charge in [0.25, 0.3) is 0 Å². The van der Waals surface area contributed by atoms with Crippen LogP contribution >= 0.6 is 0 Å². The van der Waals surface area contributed by atoms with Crippen molar-refractivity contribution in [2.75, 3.05) is 13.1 Å². The van der Waals surface area contributed by atoms with Gasteiger partial charge in [-0.2, -0.15) is 0 Å². The molecule has 0 N–H and O–H groups in total. The van der Waals surface area contributed by atoms with Crippen LogP contribution < -0.4 is 0 Å². The van der Waals surface area contributed by atoms with Crippen molar-refractivity contribution in [2.45, 2.75) is 19.8 Å². The molecule has 2 rings (SSSR count). The van der Waals surface area contributed by atoms with Crippen LogP contribution in [0.4, 0.5) is 4.39 Å². The van der Waals surface area contributed by atoms with E-state index in [0.29, 0.717) is 29.2 Å². The number of carbonyl (C=O) groups is 1. The summed E-state index contributed by atoms with van der Waals surface area (Å²) < 4.78 is 14.1. The van der Waals surface area contributed by atoms with Crippen molar-refractivity contribution >= 4 is 5.78 Å². The zero-order chi connectivity index (χ0) is 13.3. The lowest BCUT2D eigenvalue weighted by molar-refractivity contribution is -0.108. The molecule has 0 aromatic rings. The van der Waals surface area contributed by atoms with E-state index in [0.717, 1.165) is 19.5 Å². The summed E-state index contributed by atoms with van der Waals surface area (Å²) in [7, 11) is 0. The van der Waals surface area contributed by atoms with E-state index in [1.165, 1.54) is 6.08 Å². The molecule has 2 fully saturated rings. The van der Waals surface area contributed by atoms with Gasteiger partial charge in [0, 0.05) is 30.7 Å². The van der Waals surface area contributed by atoms with E-state index >= 15 is 0 Å². The number of likely N-dealkylation sites (tertiary alicyclic amines) is 1. The Morgan fingerprint density at radius 3 is 2.50 bits per heavy atom. The number of Topliss-reactive ketones (excluding diaryl/α,β-unsaturated/α-hetero) is 1. The number of hydrogen-bond acceptors (Lipinski definition) is 2. The van der Waals surface area contributed by atoms with E-state index in [-0.39, 0.29) is 11.6 Å². The van der Waals surface area contributed by atoms with Gasteiger partial charge in [-0.15, -0.1) is 0 Å². The van der Waals surface area contributed by atoms with E-state index < -0.39 is 0 Å². The number of nitrogens with zero attached hydrogens (tertiary/aromatic N) is 1. The Balaban J connectivity index is 2.41. The van der Waals surface area contributed by atoms with Crippen molar-refractivity contribution < 1.29 is 9.18 Å². The molecule has 0 amide bonds. The van der Waals surface area contributed by atoms with Gasteiger partial charge in [0.2, 0.25) is 0 Å². The zero-order valence-electron chi connectivity index (χ0n) is 10.7. The van der Waals surface area contributed by atoms with E-state index in [4.69, 9.17) is 0 Å². The van der Waals surface area contributed by atoms with Crippen molar-refractivity contribution in [3.63, 3.8) is 0 Å². The van der Waals surface area contributed by atoms with Crippen molar-refractivity contribution in [1.29, 1.82) is 0 Å². The number of allylic oxidation sites excluding steroid dienone is 4. The molecule has 1 saturated carbocycles. The van der Waals surface area contributed by atoms with Crippen LogP contribution in [-0.4, -0.2) is 23.8 Å². The lowest BCUT2D eigenvalue weighted by atomic mass is 10.1. The molecule has 1 aliphatic carbocycles. The first kappa shape index (κ1) is 12.8. The summed E-state index contributed by atoms with van der Waals surface area (Å²) in [4.78, 5) is 13.3. The van der Waals surface area contributed by atoms with E-state index in [2.05, 4.69) is 20.1 Å². The predicted molar refractivity (Wildman–Crippen MR) is 70.5 cm³/mol. The van der Waals surface area contributed by atoms with Crippen LogP contribution in [0.25, 0.3) is 0 Å². The zero-order valence-corrected chi connectivity index (χ0v) is 10.7. The van der Waals surface area contributed by atoms with Crippen LogP contribution in [0.15, 0.2) is 48.0 Å². The van der Waals surface area contributed by atoms with Gasteiger partial charge < -0.3 is 4.90 Å². The molecule has 1 aliphatic heterocycles. The van der Waals surface area contributed by atoms with Gasteiger partial charge in [-0.05, 0) is 18.4 Å². The summed E-state index contributed by atoms with van der Waals surface area (Å²) in [6.45, 7) is 11.0.